The number of hydrogen-bond donors (Lipinski definition) is 1. The van der Waals surface area contributed by atoms with Gasteiger partial charge in [0, 0.05) is 13.1 Å². The molecule has 2 heterocycles. The van der Waals surface area contributed by atoms with Gasteiger partial charge < -0.3 is 15.4 Å². The molecule has 2 N–H and O–H groups in total. The van der Waals surface area contributed by atoms with Crippen molar-refractivity contribution in [3.8, 4) is 5.75 Å². The fourth-order valence-electron chi connectivity index (χ4n) is 2.43. The maximum atomic E-state index is 6.06. The van der Waals surface area contributed by atoms with Gasteiger partial charge in [0.15, 0.2) is 5.82 Å². The molecule has 1 aliphatic rings. The highest BCUT2D eigenvalue weighted by Gasteiger charge is 2.15. The Morgan fingerprint density at radius 2 is 1.86 bits per heavy atom. The number of piperidine rings is 1. The number of benzene rings is 1. The quantitative estimate of drug-likeness (QED) is 0.933. The molecular weight excluding hydrogens is 302 g/mol. The van der Waals surface area contributed by atoms with Crippen LogP contribution in [0.25, 0.3) is 0 Å². The van der Waals surface area contributed by atoms with Crippen LogP contribution in [0.4, 0.5) is 11.9 Å². The van der Waals surface area contributed by atoms with Gasteiger partial charge in [0.05, 0.1) is 5.02 Å². The second-order valence-electron chi connectivity index (χ2n) is 5.18. The Balaban J connectivity index is 1.73. The maximum Gasteiger partial charge on any atom is 0.230 e. The van der Waals surface area contributed by atoms with Gasteiger partial charge in [0.25, 0.3) is 0 Å². The average Bonchev–Trinajstić information content (AvgIpc) is 2.54. The molecular formula is C15H18ClN5O. The van der Waals surface area contributed by atoms with Gasteiger partial charge in [-0.2, -0.15) is 15.0 Å². The zero-order valence-electron chi connectivity index (χ0n) is 12.2. The molecule has 0 spiro atoms. The Bertz CT molecular complexity index is 646. The van der Waals surface area contributed by atoms with Gasteiger partial charge in [-0.1, -0.05) is 23.7 Å². The lowest BCUT2D eigenvalue weighted by Crippen LogP contribution is -2.31. The topological polar surface area (TPSA) is 77.2 Å². The molecule has 0 aliphatic carbocycles. The van der Waals surface area contributed by atoms with E-state index >= 15 is 0 Å². The van der Waals surface area contributed by atoms with Crippen molar-refractivity contribution in [3.63, 3.8) is 0 Å². The number of nitrogens with two attached hydrogens (primary N) is 1. The normalized spacial score (nSPS) is 14.9. The molecule has 0 radical (unpaired) electrons. The fraction of sp³-hybridized carbons (Fsp3) is 0.400. The number of aromatic nitrogens is 3. The molecule has 0 saturated carbocycles. The number of ether oxygens (including phenoxy) is 1. The van der Waals surface area contributed by atoms with Crippen LogP contribution in [0, 0.1) is 0 Å². The Kier molecular flexibility index (Phi) is 4.58. The summed E-state index contributed by atoms with van der Waals surface area (Å²) in [6.07, 6.45) is 3.55. The molecule has 6 nitrogen and oxygen atoms in total. The second-order valence-corrected chi connectivity index (χ2v) is 5.58. The summed E-state index contributed by atoms with van der Waals surface area (Å²) in [5, 5.41) is 0.556. The molecule has 1 fully saturated rings. The predicted molar refractivity (Wildman–Crippen MR) is 86.1 cm³/mol. The van der Waals surface area contributed by atoms with Crippen molar-refractivity contribution in [1.29, 1.82) is 0 Å². The molecule has 2 aromatic rings. The summed E-state index contributed by atoms with van der Waals surface area (Å²) in [5.74, 6) is 1.95. The highest BCUT2D eigenvalue weighted by atomic mass is 35.5. The maximum absolute atomic E-state index is 6.06. The van der Waals surface area contributed by atoms with E-state index in [1.807, 2.05) is 12.1 Å². The van der Waals surface area contributed by atoms with Crippen molar-refractivity contribution in [1.82, 2.24) is 15.0 Å². The van der Waals surface area contributed by atoms with E-state index in [1.54, 1.807) is 12.1 Å². The third kappa shape index (κ3) is 3.57. The Morgan fingerprint density at radius 1 is 1.09 bits per heavy atom. The predicted octanol–water partition coefficient (Wildman–Crippen LogP) is 2.68. The summed E-state index contributed by atoms with van der Waals surface area (Å²) in [6.45, 7) is 2.11. The summed E-state index contributed by atoms with van der Waals surface area (Å²) in [4.78, 5) is 15.0. The number of rotatable bonds is 4. The highest BCUT2D eigenvalue weighted by Crippen LogP contribution is 2.24. The van der Waals surface area contributed by atoms with Crippen molar-refractivity contribution >= 4 is 23.5 Å². The number of nitrogen functional groups attached to an aromatic ring is 1. The first-order chi connectivity index (χ1) is 10.7. The number of halogens is 1. The van der Waals surface area contributed by atoms with E-state index in [1.165, 1.54) is 6.42 Å². The number of anilines is 2. The summed E-state index contributed by atoms with van der Waals surface area (Å²) in [5.41, 5.74) is 5.79. The molecule has 1 saturated heterocycles. The van der Waals surface area contributed by atoms with Crippen molar-refractivity contribution in [2.24, 2.45) is 0 Å². The minimum Gasteiger partial charge on any atom is -0.484 e. The smallest absolute Gasteiger partial charge is 0.230 e. The summed E-state index contributed by atoms with van der Waals surface area (Å²) >= 11 is 6.06. The molecule has 0 atom stereocenters. The molecule has 0 unspecified atom stereocenters. The van der Waals surface area contributed by atoms with Crippen LogP contribution in [-0.4, -0.2) is 28.0 Å². The first kappa shape index (κ1) is 14.8. The first-order valence-corrected chi connectivity index (χ1v) is 7.73. The van der Waals surface area contributed by atoms with Gasteiger partial charge in [0.2, 0.25) is 11.9 Å². The van der Waals surface area contributed by atoms with Crippen molar-refractivity contribution in [3.05, 3.63) is 35.1 Å². The SMILES string of the molecule is Nc1nc(COc2ccccc2Cl)nc(N2CCCCC2)n1. The highest BCUT2D eigenvalue weighted by molar-refractivity contribution is 6.32. The van der Waals surface area contributed by atoms with Crippen LogP contribution in [0.3, 0.4) is 0 Å². The first-order valence-electron chi connectivity index (χ1n) is 7.35. The Hall–Kier alpha value is -2.08. The number of hydrogen-bond acceptors (Lipinski definition) is 6. The molecule has 3 rings (SSSR count). The van der Waals surface area contributed by atoms with Crippen LogP contribution < -0.4 is 15.4 Å². The molecule has 1 aromatic carbocycles. The third-order valence-corrected chi connectivity index (χ3v) is 3.83. The van der Waals surface area contributed by atoms with Crippen LogP contribution in [0.1, 0.15) is 25.1 Å². The van der Waals surface area contributed by atoms with Crippen LogP contribution in [0.2, 0.25) is 5.02 Å². The molecule has 116 valence electrons. The van der Waals surface area contributed by atoms with Crippen LogP contribution >= 0.6 is 11.6 Å². The van der Waals surface area contributed by atoms with E-state index in [0.29, 0.717) is 22.5 Å². The lowest BCUT2D eigenvalue weighted by molar-refractivity contribution is 0.295. The van der Waals surface area contributed by atoms with E-state index in [-0.39, 0.29) is 12.6 Å². The molecule has 0 amide bonds. The van der Waals surface area contributed by atoms with Crippen molar-refractivity contribution in [2.75, 3.05) is 23.7 Å². The number of para-hydroxylation sites is 1. The van der Waals surface area contributed by atoms with Gasteiger partial charge in [-0.25, -0.2) is 0 Å². The molecule has 1 aliphatic heterocycles. The minimum absolute atomic E-state index is 0.206. The summed E-state index contributed by atoms with van der Waals surface area (Å²) < 4.78 is 5.66. The molecule has 1 aromatic heterocycles. The van der Waals surface area contributed by atoms with Gasteiger partial charge in [-0.15, -0.1) is 0 Å². The van der Waals surface area contributed by atoms with Gasteiger partial charge in [-0.3, -0.25) is 0 Å². The fourth-order valence-corrected chi connectivity index (χ4v) is 2.62. The van der Waals surface area contributed by atoms with Crippen molar-refractivity contribution < 1.29 is 4.74 Å². The largest absolute Gasteiger partial charge is 0.484 e. The van der Waals surface area contributed by atoms with Crippen LogP contribution in [-0.2, 0) is 6.61 Å². The van der Waals surface area contributed by atoms with Crippen LogP contribution in [0.15, 0.2) is 24.3 Å². The zero-order valence-corrected chi connectivity index (χ0v) is 13.0. The van der Waals surface area contributed by atoms with Gasteiger partial charge in [-0.05, 0) is 31.4 Å². The summed E-state index contributed by atoms with van der Waals surface area (Å²) in [6, 6.07) is 7.29. The minimum atomic E-state index is 0.206. The van der Waals surface area contributed by atoms with E-state index in [4.69, 9.17) is 22.1 Å². The number of nitrogens with zero attached hydrogens (tertiary/aromatic N) is 4. The molecule has 22 heavy (non-hydrogen) atoms. The Labute approximate surface area is 134 Å². The van der Waals surface area contributed by atoms with E-state index in [0.717, 1.165) is 25.9 Å². The van der Waals surface area contributed by atoms with Crippen molar-refractivity contribution in [2.45, 2.75) is 25.9 Å². The molecule has 0 bridgehead atoms. The summed E-state index contributed by atoms with van der Waals surface area (Å²) in [7, 11) is 0. The van der Waals surface area contributed by atoms with Crippen LogP contribution in [0.5, 0.6) is 5.75 Å². The van der Waals surface area contributed by atoms with E-state index in [9.17, 15) is 0 Å². The lowest BCUT2D eigenvalue weighted by Gasteiger charge is -2.26. The van der Waals surface area contributed by atoms with E-state index in [2.05, 4.69) is 19.9 Å². The third-order valence-electron chi connectivity index (χ3n) is 3.52. The van der Waals surface area contributed by atoms with Gasteiger partial charge in [0.1, 0.15) is 12.4 Å². The van der Waals surface area contributed by atoms with E-state index < -0.39 is 0 Å². The monoisotopic (exact) mass is 319 g/mol. The second kappa shape index (κ2) is 6.79. The molecule has 7 heteroatoms. The lowest BCUT2D eigenvalue weighted by atomic mass is 10.1. The standard InChI is InChI=1S/C15H18ClN5O/c16-11-6-2-3-7-12(11)22-10-13-18-14(17)20-15(19-13)21-8-4-1-5-9-21/h2-3,6-7H,1,4-5,8-10H2,(H2,17,18,19,20). The zero-order chi connectivity index (χ0) is 15.4. The average molecular weight is 320 g/mol. The Morgan fingerprint density at radius 3 is 2.64 bits per heavy atom. The van der Waals surface area contributed by atoms with Gasteiger partial charge >= 0.3 is 0 Å².